The summed E-state index contributed by atoms with van der Waals surface area (Å²) in [4.78, 5) is 0. The number of hydrogen-bond acceptors (Lipinski definition) is 6. The van der Waals surface area contributed by atoms with E-state index in [2.05, 4.69) is 0 Å². The Morgan fingerprint density at radius 3 is 2.43 bits per heavy atom. The lowest BCUT2D eigenvalue weighted by Crippen LogP contribution is -2.44. The van der Waals surface area contributed by atoms with Gasteiger partial charge in [-0.25, -0.2) is 0 Å². The first-order valence-electron chi connectivity index (χ1n) is 7.75. The minimum Gasteiger partial charge on any atom is -0.377 e. The van der Waals surface area contributed by atoms with Crippen LogP contribution in [-0.4, -0.2) is 67.8 Å². The molecule has 0 spiro atoms. The quantitative estimate of drug-likeness (QED) is 0.470. The number of ether oxygens (including phenoxy) is 3. The molecule has 3 rings (SSSR count). The van der Waals surface area contributed by atoms with Crippen molar-refractivity contribution in [3.05, 3.63) is 0 Å². The van der Waals surface area contributed by atoms with Gasteiger partial charge in [-0.3, -0.25) is 0 Å². The summed E-state index contributed by atoms with van der Waals surface area (Å²) in [6.45, 7) is 1.52. The van der Waals surface area contributed by atoms with Crippen LogP contribution in [0, 0.1) is 5.92 Å². The fraction of sp³-hybridized carbons (Fsp3) is 1.00. The molecule has 2 heterocycles. The lowest BCUT2D eigenvalue weighted by molar-refractivity contribution is -0.0200. The molecule has 7 heteroatoms. The van der Waals surface area contributed by atoms with Gasteiger partial charge in [0.25, 0.3) is 0 Å². The van der Waals surface area contributed by atoms with Crippen molar-refractivity contribution < 1.29 is 27.5 Å². The molecule has 122 valence electrons. The van der Waals surface area contributed by atoms with Crippen LogP contribution in [0.4, 0.5) is 0 Å². The normalized spacial score (nSPS) is 38.1. The van der Waals surface area contributed by atoms with Gasteiger partial charge >= 0.3 is 8.80 Å². The van der Waals surface area contributed by atoms with Crippen LogP contribution in [0.1, 0.15) is 19.3 Å². The second kappa shape index (κ2) is 6.62. The highest BCUT2D eigenvalue weighted by molar-refractivity contribution is 6.60. The van der Waals surface area contributed by atoms with Gasteiger partial charge in [0.2, 0.25) is 0 Å². The average Bonchev–Trinajstić information content (AvgIpc) is 3.41. The maximum absolute atomic E-state index is 6.08. The van der Waals surface area contributed by atoms with Crippen molar-refractivity contribution in [3.63, 3.8) is 0 Å². The first kappa shape index (κ1) is 15.9. The molecular formula is C14H26O6Si. The molecule has 21 heavy (non-hydrogen) atoms. The van der Waals surface area contributed by atoms with E-state index in [9.17, 15) is 0 Å². The summed E-state index contributed by atoms with van der Waals surface area (Å²) in [5.74, 6) is 0.486. The molecule has 0 N–H and O–H groups in total. The van der Waals surface area contributed by atoms with E-state index < -0.39 is 8.80 Å². The Hall–Kier alpha value is -0.0231. The first-order chi connectivity index (χ1) is 10.2. The van der Waals surface area contributed by atoms with Crippen LogP contribution in [0.2, 0.25) is 6.04 Å². The Kier molecular flexibility index (Phi) is 5.00. The zero-order valence-electron chi connectivity index (χ0n) is 13.1. The molecule has 1 saturated carbocycles. The molecule has 2 saturated heterocycles. The summed E-state index contributed by atoms with van der Waals surface area (Å²) in [7, 11) is 2.50. The van der Waals surface area contributed by atoms with Gasteiger partial charge in [0, 0.05) is 27.4 Å². The third-order valence-electron chi connectivity index (χ3n) is 4.86. The van der Waals surface area contributed by atoms with E-state index in [0.717, 1.165) is 31.9 Å². The molecule has 2 aliphatic heterocycles. The molecule has 6 nitrogen and oxygen atoms in total. The van der Waals surface area contributed by atoms with E-state index in [1.807, 2.05) is 0 Å². The van der Waals surface area contributed by atoms with E-state index in [4.69, 9.17) is 27.5 Å². The molecule has 0 aromatic heterocycles. The SMILES string of the molecule is CO[Si](CCC1CCC2OC2C1OCC1CO1)(OC)OC. The summed E-state index contributed by atoms with van der Waals surface area (Å²) >= 11 is 0. The van der Waals surface area contributed by atoms with Crippen LogP contribution < -0.4 is 0 Å². The van der Waals surface area contributed by atoms with Crippen molar-refractivity contribution >= 4 is 8.80 Å². The minimum atomic E-state index is -2.49. The highest BCUT2D eigenvalue weighted by atomic mass is 28.4. The zero-order chi connectivity index (χ0) is 14.9. The Labute approximate surface area is 127 Å². The third-order valence-corrected chi connectivity index (χ3v) is 7.63. The van der Waals surface area contributed by atoms with E-state index in [-0.39, 0.29) is 12.2 Å². The van der Waals surface area contributed by atoms with E-state index in [1.54, 1.807) is 21.3 Å². The van der Waals surface area contributed by atoms with Gasteiger partial charge in [0.1, 0.15) is 12.2 Å². The van der Waals surface area contributed by atoms with Gasteiger partial charge < -0.3 is 27.5 Å². The summed E-state index contributed by atoms with van der Waals surface area (Å²) in [6.07, 6.45) is 4.45. The van der Waals surface area contributed by atoms with Crippen LogP contribution in [-0.2, 0) is 27.5 Å². The van der Waals surface area contributed by atoms with Crippen LogP contribution in [0.5, 0.6) is 0 Å². The predicted molar refractivity (Wildman–Crippen MR) is 77.1 cm³/mol. The maximum Gasteiger partial charge on any atom is 0.500 e. The van der Waals surface area contributed by atoms with Crippen molar-refractivity contribution in [1.82, 2.24) is 0 Å². The van der Waals surface area contributed by atoms with E-state index in [1.165, 1.54) is 0 Å². The van der Waals surface area contributed by atoms with Gasteiger partial charge in [-0.05, 0) is 25.2 Å². The smallest absolute Gasteiger partial charge is 0.377 e. The molecule has 1 aliphatic carbocycles. The number of rotatable bonds is 9. The molecule has 0 aromatic carbocycles. The maximum atomic E-state index is 6.08. The molecule has 3 fully saturated rings. The molecule has 3 aliphatic rings. The van der Waals surface area contributed by atoms with E-state index >= 15 is 0 Å². The van der Waals surface area contributed by atoms with Gasteiger partial charge in [-0.1, -0.05) is 0 Å². The van der Waals surface area contributed by atoms with Crippen molar-refractivity contribution in [2.24, 2.45) is 5.92 Å². The van der Waals surface area contributed by atoms with Crippen molar-refractivity contribution in [1.29, 1.82) is 0 Å². The van der Waals surface area contributed by atoms with E-state index in [0.29, 0.717) is 24.7 Å². The number of epoxide rings is 2. The van der Waals surface area contributed by atoms with Crippen LogP contribution in [0.3, 0.4) is 0 Å². The largest absolute Gasteiger partial charge is 0.500 e. The lowest BCUT2D eigenvalue weighted by Gasteiger charge is -2.31. The predicted octanol–water partition coefficient (Wildman–Crippen LogP) is 1.22. The van der Waals surface area contributed by atoms with Gasteiger partial charge in [0.05, 0.1) is 25.4 Å². The monoisotopic (exact) mass is 318 g/mol. The van der Waals surface area contributed by atoms with Gasteiger partial charge in [0.15, 0.2) is 0 Å². The second-order valence-corrected chi connectivity index (χ2v) is 9.15. The highest BCUT2D eigenvalue weighted by Crippen LogP contribution is 2.43. The summed E-state index contributed by atoms with van der Waals surface area (Å²) in [6, 6.07) is 0.818. The Balaban J connectivity index is 1.53. The molecule has 5 atom stereocenters. The standard InChI is InChI=1S/C14H26O6Si/c1-15-21(16-2,17-3)7-6-10-4-5-12-14(20-12)13(10)19-9-11-8-18-11/h10-14H,4-9H2,1-3H3. The topological polar surface area (TPSA) is 62.0 Å². The zero-order valence-corrected chi connectivity index (χ0v) is 14.1. The average molecular weight is 318 g/mol. The third kappa shape index (κ3) is 3.66. The van der Waals surface area contributed by atoms with Crippen molar-refractivity contribution in [2.45, 2.75) is 49.7 Å². The lowest BCUT2D eigenvalue weighted by atomic mass is 9.84. The van der Waals surface area contributed by atoms with Gasteiger partial charge in [-0.2, -0.15) is 0 Å². The van der Waals surface area contributed by atoms with Crippen LogP contribution in [0.15, 0.2) is 0 Å². The van der Waals surface area contributed by atoms with Crippen molar-refractivity contribution in [2.75, 3.05) is 34.5 Å². The van der Waals surface area contributed by atoms with Crippen molar-refractivity contribution in [3.8, 4) is 0 Å². The second-order valence-electron chi connectivity index (χ2n) is 6.06. The fourth-order valence-electron chi connectivity index (χ4n) is 3.33. The van der Waals surface area contributed by atoms with Gasteiger partial charge in [-0.15, -0.1) is 0 Å². The summed E-state index contributed by atoms with van der Waals surface area (Å²) in [5, 5.41) is 0. The Morgan fingerprint density at radius 1 is 1.10 bits per heavy atom. The number of fused-ring (bicyclic) bond motifs is 1. The first-order valence-corrected chi connectivity index (χ1v) is 9.68. The fourth-order valence-corrected chi connectivity index (χ4v) is 5.17. The molecule has 0 aromatic rings. The molecule has 0 radical (unpaired) electrons. The highest BCUT2D eigenvalue weighted by Gasteiger charge is 2.53. The van der Waals surface area contributed by atoms with Crippen LogP contribution >= 0.6 is 0 Å². The molecule has 5 unspecified atom stereocenters. The Morgan fingerprint density at radius 2 is 1.81 bits per heavy atom. The molecule has 0 bridgehead atoms. The minimum absolute atomic E-state index is 0.185. The Bertz CT molecular complexity index is 338. The summed E-state index contributed by atoms with van der Waals surface area (Å²) in [5.41, 5.74) is 0. The number of hydrogen-bond donors (Lipinski definition) is 0. The molecule has 0 amide bonds. The van der Waals surface area contributed by atoms with Crippen LogP contribution in [0.25, 0.3) is 0 Å². The summed E-state index contributed by atoms with van der Waals surface area (Å²) < 4.78 is 33.6. The molecular weight excluding hydrogens is 292 g/mol.